The molecular formula is C36H33NO3. The molecule has 1 N–H and O–H groups in total. The van der Waals surface area contributed by atoms with E-state index in [2.05, 4.69) is 47.8 Å². The molecule has 0 heterocycles. The van der Waals surface area contributed by atoms with Gasteiger partial charge in [-0.3, -0.25) is 4.79 Å². The predicted molar refractivity (Wildman–Crippen MR) is 160 cm³/mol. The Hall–Kier alpha value is -4.67. The number of para-hydroxylation sites is 2. The van der Waals surface area contributed by atoms with Crippen LogP contribution in [-0.4, -0.2) is 6.29 Å². The van der Waals surface area contributed by atoms with Gasteiger partial charge in [0.05, 0.1) is 0 Å². The summed E-state index contributed by atoms with van der Waals surface area (Å²) < 4.78 is 11.5. The van der Waals surface area contributed by atoms with E-state index in [0.29, 0.717) is 17.4 Å². The topological polar surface area (TPSA) is 47.6 Å². The Morgan fingerprint density at radius 1 is 0.650 bits per heavy atom. The van der Waals surface area contributed by atoms with Crippen LogP contribution < -0.4 is 14.8 Å². The van der Waals surface area contributed by atoms with Crippen molar-refractivity contribution in [3.63, 3.8) is 0 Å². The second kappa shape index (κ2) is 13.9. The summed E-state index contributed by atoms with van der Waals surface area (Å²) in [5.74, 6) is 3.19. The normalized spacial score (nSPS) is 13.8. The Morgan fingerprint density at radius 3 is 1.95 bits per heavy atom. The largest absolute Gasteiger partial charge is 0.457 e. The molecule has 5 aromatic rings. The second-order valence-electron chi connectivity index (χ2n) is 9.69. The first-order valence-corrected chi connectivity index (χ1v) is 13.7. The maximum absolute atomic E-state index is 10.6. The van der Waals surface area contributed by atoms with Crippen molar-refractivity contribution in [1.82, 2.24) is 5.32 Å². The number of carbonyl (C=O) groups is 1. The Balaban J connectivity index is 0.000000184. The van der Waals surface area contributed by atoms with Crippen LogP contribution in [0.1, 0.15) is 45.9 Å². The van der Waals surface area contributed by atoms with Crippen LogP contribution >= 0.6 is 0 Å². The van der Waals surface area contributed by atoms with E-state index in [-0.39, 0.29) is 0 Å². The minimum atomic E-state index is 0.448. The van der Waals surface area contributed by atoms with Gasteiger partial charge >= 0.3 is 0 Å². The molecule has 4 nitrogen and oxygen atoms in total. The van der Waals surface area contributed by atoms with Gasteiger partial charge in [-0.15, -0.1) is 0 Å². The molecule has 200 valence electrons. The highest BCUT2D eigenvalue weighted by molar-refractivity contribution is 5.75. The zero-order valence-electron chi connectivity index (χ0n) is 22.4. The summed E-state index contributed by atoms with van der Waals surface area (Å²) in [6, 6.07) is 44.1. The molecule has 40 heavy (non-hydrogen) atoms. The Bertz CT molecular complexity index is 1500. The van der Waals surface area contributed by atoms with Crippen molar-refractivity contribution < 1.29 is 14.3 Å². The average Bonchev–Trinajstić information content (AvgIpc) is 3.02. The van der Waals surface area contributed by atoms with E-state index in [1.807, 2.05) is 72.8 Å². The van der Waals surface area contributed by atoms with E-state index in [1.54, 1.807) is 18.2 Å². The smallest absolute Gasteiger partial charge is 0.150 e. The molecule has 0 aliphatic heterocycles. The van der Waals surface area contributed by atoms with E-state index in [1.165, 1.54) is 36.0 Å². The fraction of sp³-hybridized carbons (Fsp3) is 0.139. The molecule has 0 bridgehead atoms. The number of benzene rings is 5. The molecule has 1 aliphatic rings. The van der Waals surface area contributed by atoms with Crippen molar-refractivity contribution in [3.8, 4) is 23.0 Å². The molecule has 0 fully saturated rings. The minimum absolute atomic E-state index is 0.448. The molecule has 0 aromatic heterocycles. The number of aryl methyl sites for hydroxylation is 1. The molecule has 4 heteroatoms. The summed E-state index contributed by atoms with van der Waals surface area (Å²) in [4.78, 5) is 10.6. The number of ether oxygens (including phenoxy) is 2. The fourth-order valence-electron chi connectivity index (χ4n) is 4.83. The van der Waals surface area contributed by atoms with Crippen molar-refractivity contribution in [2.75, 3.05) is 0 Å². The molecule has 0 radical (unpaired) electrons. The van der Waals surface area contributed by atoms with Crippen LogP contribution in [0, 0.1) is 0 Å². The van der Waals surface area contributed by atoms with Gasteiger partial charge in [0.1, 0.15) is 29.3 Å². The maximum Gasteiger partial charge on any atom is 0.150 e. The van der Waals surface area contributed by atoms with Crippen LogP contribution in [0.4, 0.5) is 0 Å². The Morgan fingerprint density at radius 2 is 1.25 bits per heavy atom. The Kier molecular flexibility index (Phi) is 9.37. The van der Waals surface area contributed by atoms with Gasteiger partial charge in [0.2, 0.25) is 0 Å². The van der Waals surface area contributed by atoms with E-state index in [4.69, 9.17) is 9.47 Å². The highest BCUT2D eigenvalue weighted by atomic mass is 16.5. The number of nitrogens with one attached hydrogen (secondary N) is 1. The number of fused-ring (bicyclic) bond motifs is 1. The van der Waals surface area contributed by atoms with Gasteiger partial charge in [0.25, 0.3) is 0 Å². The standard InChI is InChI=1S/C23H23NO.C13H10O2/c1-2-11-20(12-3-1)25-21-13-6-8-18(16-21)17-24-23-15-7-10-19-9-4-5-14-22(19)23;14-10-11-5-4-8-13(9-11)15-12-6-2-1-3-7-12/h1-6,8-9,11-14,16,23-24H,7,10,15,17H2;1-10H/t23-;/m0./s1. The molecule has 1 aliphatic carbocycles. The van der Waals surface area contributed by atoms with Crippen molar-refractivity contribution in [3.05, 3.63) is 156 Å². The van der Waals surface area contributed by atoms with Gasteiger partial charge in [-0.25, -0.2) is 0 Å². The zero-order valence-corrected chi connectivity index (χ0v) is 22.4. The zero-order chi connectivity index (χ0) is 27.4. The van der Waals surface area contributed by atoms with Crippen molar-refractivity contribution in [1.29, 1.82) is 0 Å². The third kappa shape index (κ3) is 7.68. The number of rotatable bonds is 8. The van der Waals surface area contributed by atoms with E-state index in [0.717, 1.165) is 30.1 Å². The first-order valence-electron chi connectivity index (χ1n) is 13.7. The third-order valence-electron chi connectivity index (χ3n) is 6.77. The summed E-state index contributed by atoms with van der Waals surface area (Å²) in [5, 5.41) is 3.73. The first-order chi connectivity index (χ1) is 19.8. The lowest BCUT2D eigenvalue weighted by Crippen LogP contribution is -2.24. The summed E-state index contributed by atoms with van der Waals surface area (Å²) in [7, 11) is 0. The van der Waals surface area contributed by atoms with Crippen LogP contribution in [0.2, 0.25) is 0 Å². The van der Waals surface area contributed by atoms with Crippen LogP contribution in [0.3, 0.4) is 0 Å². The fourth-order valence-corrected chi connectivity index (χ4v) is 4.83. The van der Waals surface area contributed by atoms with E-state index in [9.17, 15) is 4.79 Å². The lowest BCUT2D eigenvalue weighted by atomic mass is 9.87. The number of hydrogen-bond acceptors (Lipinski definition) is 4. The average molecular weight is 528 g/mol. The molecule has 0 amide bonds. The van der Waals surface area contributed by atoms with Crippen LogP contribution in [0.15, 0.2) is 133 Å². The molecule has 6 rings (SSSR count). The lowest BCUT2D eigenvalue weighted by molar-refractivity contribution is 0.112. The quantitative estimate of drug-likeness (QED) is 0.205. The molecular weight excluding hydrogens is 494 g/mol. The molecule has 1 atom stereocenters. The molecule has 0 unspecified atom stereocenters. The summed E-state index contributed by atoms with van der Waals surface area (Å²) in [6.45, 7) is 0.852. The molecule has 5 aromatic carbocycles. The van der Waals surface area contributed by atoms with E-state index >= 15 is 0 Å². The summed E-state index contributed by atoms with van der Waals surface area (Å²) in [5.41, 5.74) is 4.82. The number of carbonyl (C=O) groups excluding carboxylic acids is 1. The predicted octanol–water partition coefficient (Wildman–Crippen LogP) is 8.94. The number of hydrogen-bond donors (Lipinski definition) is 1. The highest BCUT2D eigenvalue weighted by Crippen LogP contribution is 2.30. The van der Waals surface area contributed by atoms with Crippen molar-refractivity contribution in [2.45, 2.75) is 31.8 Å². The maximum atomic E-state index is 10.6. The molecule has 0 saturated carbocycles. The first kappa shape index (κ1) is 26.9. The van der Waals surface area contributed by atoms with Crippen LogP contribution in [0.25, 0.3) is 0 Å². The highest BCUT2D eigenvalue weighted by Gasteiger charge is 2.19. The van der Waals surface area contributed by atoms with Gasteiger partial charge in [-0.1, -0.05) is 84.9 Å². The number of aldehydes is 1. The van der Waals surface area contributed by atoms with Crippen molar-refractivity contribution in [2.24, 2.45) is 0 Å². The minimum Gasteiger partial charge on any atom is -0.457 e. The monoisotopic (exact) mass is 527 g/mol. The molecule has 0 spiro atoms. The molecule has 0 saturated heterocycles. The van der Waals surface area contributed by atoms with E-state index < -0.39 is 0 Å². The SMILES string of the molecule is O=Cc1cccc(Oc2ccccc2)c1.c1ccc(Oc2cccc(CN[C@H]3CCCc4ccccc43)c2)cc1. The van der Waals surface area contributed by atoms with Gasteiger partial charge in [0, 0.05) is 18.2 Å². The third-order valence-corrected chi connectivity index (χ3v) is 6.77. The van der Waals surface area contributed by atoms with Crippen molar-refractivity contribution >= 4 is 6.29 Å². The van der Waals surface area contributed by atoms with Gasteiger partial charge < -0.3 is 14.8 Å². The second-order valence-corrected chi connectivity index (χ2v) is 9.69. The van der Waals surface area contributed by atoms with Gasteiger partial charge in [-0.05, 0) is 84.5 Å². The lowest BCUT2D eigenvalue weighted by Gasteiger charge is -2.26. The summed E-state index contributed by atoms with van der Waals surface area (Å²) >= 11 is 0. The summed E-state index contributed by atoms with van der Waals surface area (Å²) in [6.07, 6.45) is 4.47. The Labute approximate surface area is 236 Å². The van der Waals surface area contributed by atoms with Crippen LogP contribution in [-0.2, 0) is 13.0 Å². The van der Waals surface area contributed by atoms with Gasteiger partial charge in [-0.2, -0.15) is 0 Å². The van der Waals surface area contributed by atoms with Gasteiger partial charge in [0.15, 0.2) is 0 Å². The van der Waals surface area contributed by atoms with Crippen LogP contribution in [0.5, 0.6) is 23.0 Å².